The minimum absolute atomic E-state index is 0.278. The normalized spacial score (nSPS) is 16.9. The van der Waals surface area contributed by atoms with Crippen molar-refractivity contribution in [2.45, 2.75) is 38.3 Å². The largest absolute Gasteiger partial charge is 0.493 e. The molecule has 1 aromatic rings. The van der Waals surface area contributed by atoms with Gasteiger partial charge in [0.2, 0.25) is 0 Å². The van der Waals surface area contributed by atoms with Crippen molar-refractivity contribution in [2.24, 2.45) is 0 Å². The Morgan fingerprint density at radius 2 is 1.85 bits per heavy atom. The molecule has 1 atom stereocenters. The second-order valence-corrected chi connectivity index (χ2v) is 7.40. The number of methoxy groups -OCH3 is 2. The molecule has 1 N–H and O–H groups in total. The van der Waals surface area contributed by atoms with Crippen LogP contribution in [0.3, 0.4) is 0 Å². The maximum absolute atomic E-state index is 10.3. The molecule has 1 fully saturated rings. The minimum atomic E-state index is -0.493. The van der Waals surface area contributed by atoms with Gasteiger partial charge in [-0.25, -0.2) is 0 Å². The number of likely N-dealkylation sites (tertiary alicyclic amines) is 1. The number of aliphatic hydroxyl groups excluding tert-OH is 1. The fraction of sp³-hybridized carbons (Fsp3) is 0.714. The summed E-state index contributed by atoms with van der Waals surface area (Å²) in [7, 11) is 5.42. The second-order valence-electron chi connectivity index (χ2n) is 7.40. The first kappa shape index (κ1) is 22.0. The zero-order chi connectivity index (χ0) is 19.5. The lowest BCUT2D eigenvalue weighted by molar-refractivity contribution is 0.0683. The third-order valence-electron chi connectivity index (χ3n) is 4.96. The molecule has 1 aliphatic rings. The van der Waals surface area contributed by atoms with E-state index in [9.17, 15) is 5.11 Å². The first-order valence-corrected chi connectivity index (χ1v) is 10.00. The van der Waals surface area contributed by atoms with Gasteiger partial charge >= 0.3 is 0 Å². The van der Waals surface area contributed by atoms with Crippen LogP contribution >= 0.6 is 0 Å². The lowest BCUT2D eigenvalue weighted by Crippen LogP contribution is -2.36. The van der Waals surface area contributed by atoms with Crippen molar-refractivity contribution in [1.82, 2.24) is 9.80 Å². The smallest absolute Gasteiger partial charge is 0.161 e. The summed E-state index contributed by atoms with van der Waals surface area (Å²) in [6, 6.07) is 5.97. The van der Waals surface area contributed by atoms with E-state index < -0.39 is 6.10 Å². The number of benzene rings is 1. The molecule has 0 radical (unpaired) electrons. The van der Waals surface area contributed by atoms with Crippen molar-refractivity contribution in [1.29, 1.82) is 0 Å². The summed E-state index contributed by atoms with van der Waals surface area (Å²) >= 11 is 0. The maximum atomic E-state index is 10.3. The van der Waals surface area contributed by atoms with Gasteiger partial charge in [-0.15, -0.1) is 0 Å². The van der Waals surface area contributed by atoms with Gasteiger partial charge < -0.3 is 24.2 Å². The lowest BCUT2D eigenvalue weighted by Gasteiger charge is -2.23. The summed E-state index contributed by atoms with van der Waals surface area (Å²) in [6.45, 7) is 5.50. The molecule has 6 nitrogen and oxygen atoms in total. The fourth-order valence-corrected chi connectivity index (χ4v) is 3.42. The summed E-state index contributed by atoms with van der Waals surface area (Å²) in [5.41, 5.74) is 1.16. The molecular weight excluding hydrogens is 344 g/mol. The zero-order valence-electron chi connectivity index (χ0n) is 17.2. The van der Waals surface area contributed by atoms with E-state index in [0.29, 0.717) is 24.7 Å². The molecule has 154 valence electrons. The van der Waals surface area contributed by atoms with Crippen molar-refractivity contribution in [3.63, 3.8) is 0 Å². The van der Waals surface area contributed by atoms with Crippen molar-refractivity contribution < 1.29 is 19.3 Å². The molecule has 0 aliphatic carbocycles. The summed E-state index contributed by atoms with van der Waals surface area (Å²) < 4.78 is 16.5. The summed E-state index contributed by atoms with van der Waals surface area (Å²) in [5.74, 6) is 1.38. The number of rotatable bonds is 11. The minimum Gasteiger partial charge on any atom is -0.493 e. The van der Waals surface area contributed by atoms with Gasteiger partial charge in [-0.1, -0.05) is 18.9 Å². The van der Waals surface area contributed by atoms with Crippen LogP contribution in [-0.2, 0) is 11.3 Å². The van der Waals surface area contributed by atoms with E-state index in [1.807, 2.05) is 18.2 Å². The average Bonchev–Trinajstić information content (AvgIpc) is 2.93. The molecule has 0 bridgehead atoms. The molecule has 0 amide bonds. The molecule has 0 saturated carbocycles. The number of nitrogens with zero attached hydrogens (tertiary/aromatic N) is 2. The third kappa shape index (κ3) is 8.05. The highest BCUT2D eigenvalue weighted by Gasteiger charge is 2.15. The fourth-order valence-electron chi connectivity index (χ4n) is 3.42. The molecule has 0 unspecified atom stereocenters. The first-order chi connectivity index (χ1) is 13.1. The summed E-state index contributed by atoms with van der Waals surface area (Å²) in [6.07, 6.45) is 4.55. The molecule has 27 heavy (non-hydrogen) atoms. The summed E-state index contributed by atoms with van der Waals surface area (Å²) in [4.78, 5) is 4.54. The Balaban J connectivity index is 1.84. The molecule has 0 spiro atoms. The predicted octanol–water partition coefficient (Wildman–Crippen LogP) is 2.39. The molecule has 1 aromatic carbocycles. The molecule has 1 saturated heterocycles. The Kier molecular flexibility index (Phi) is 9.91. The van der Waals surface area contributed by atoms with Gasteiger partial charge in [-0.3, -0.25) is 4.90 Å². The van der Waals surface area contributed by atoms with E-state index in [1.54, 1.807) is 14.2 Å². The standard InChI is InChI=1S/C21H36N2O4/c1-22(12-13-25-2)15-18-8-9-20(21(14-18)26-3)27-17-19(24)16-23-10-6-4-5-7-11-23/h8-9,14,19,24H,4-7,10-13,15-17H2,1-3H3/t19-/m1/s1. The quantitative estimate of drug-likeness (QED) is 0.636. The number of hydrogen-bond acceptors (Lipinski definition) is 6. The maximum Gasteiger partial charge on any atom is 0.161 e. The number of likely N-dealkylation sites (N-methyl/N-ethyl adjacent to an activating group) is 1. The number of hydrogen-bond donors (Lipinski definition) is 1. The van der Waals surface area contributed by atoms with E-state index in [-0.39, 0.29) is 6.61 Å². The van der Waals surface area contributed by atoms with Crippen LogP contribution in [0.5, 0.6) is 11.5 Å². The van der Waals surface area contributed by atoms with Crippen LogP contribution in [0.2, 0.25) is 0 Å². The summed E-state index contributed by atoms with van der Waals surface area (Å²) in [5, 5.41) is 10.3. The first-order valence-electron chi connectivity index (χ1n) is 10.00. The van der Waals surface area contributed by atoms with Crippen LogP contribution < -0.4 is 9.47 Å². The average molecular weight is 381 g/mol. The van der Waals surface area contributed by atoms with Crippen LogP contribution in [0.25, 0.3) is 0 Å². The topological polar surface area (TPSA) is 54.4 Å². The predicted molar refractivity (Wildman–Crippen MR) is 108 cm³/mol. The van der Waals surface area contributed by atoms with Crippen LogP contribution in [0, 0.1) is 0 Å². The Morgan fingerprint density at radius 1 is 1.11 bits per heavy atom. The highest BCUT2D eigenvalue weighted by molar-refractivity contribution is 5.43. The van der Waals surface area contributed by atoms with Gasteiger partial charge in [0, 0.05) is 26.7 Å². The molecule has 1 heterocycles. The third-order valence-corrected chi connectivity index (χ3v) is 4.96. The van der Waals surface area contributed by atoms with E-state index in [1.165, 1.54) is 25.7 Å². The molecule has 0 aromatic heterocycles. The van der Waals surface area contributed by atoms with Gasteiger partial charge in [-0.2, -0.15) is 0 Å². The second kappa shape index (κ2) is 12.2. The monoisotopic (exact) mass is 380 g/mol. The van der Waals surface area contributed by atoms with E-state index in [4.69, 9.17) is 14.2 Å². The molecular formula is C21H36N2O4. The van der Waals surface area contributed by atoms with Crippen molar-refractivity contribution >= 4 is 0 Å². The van der Waals surface area contributed by atoms with Gasteiger partial charge in [0.15, 0.2) is 11.5 Å². The lowest BCUT2D eigenvalue weighted by atomic mass is 10.2. The van der Waals surface area contributed by atoms with Crippen LogP contribution in [0.15, 0.2) is 18.2 Å². The van der Waals surface area contributed by atoms with E-state index >= 15 is 0 Å². The highest BCUT2D eigenvalue weighted by Crippen LogP contribution is 2.28. The van der Waals surface area contributed by atoms with Crippen molar-refractivity contribution in [2.75, 3.05) is 60.7 Å². The van der Waals surface area contributed by atoms with Crippen molar-refractivity contribution in [3.8, 4) is 11.5 Å². The zero-order valence-corrected chi connectivity index (χ0v) is 17.2. The number of ether oxygens (including phenoxy) is 3. The van der Waals surface area contributed by atoms with Crippen molar-refractivity contribution in [3.05, 3.63) is 23.8 Å². The molecule has 6 heteroatoms. The Bertz CT molecular complexity index is 533. The van der Waals surface area contributed by atoms with Gasteiger partial charge in [0.25, 0.3) is 0 Å². The van der Waals surface area contributed by atoms with Gasteiger partial charge in [0.1, 0.15) is 12.7 Å². The highest BCUT2D eigenvalue weighted by atomic mass is 16.5. The Morgan fingerprint density at radius 3 is 2.52 bits per heavy atom. The molecule has 1 aliphatic heterocycles. The number of β-amino-alcohol motifs (C(OH)–C–C–N with tert-alkyl or cyclic N) is 1. The van der Waals surface area contributed by atoms with Gasteiger partial charge in [-0.05, 0) is 50.7 Å². The van der Waals surface area contributed by atoms with Crippen LogP contribution in [-0.4, -0.2) is 81.7 Å². The molecule has 2 rings (SSSR count). The van der Waals surface area contributed by atoms with Crippen LogP contribution in [0.1, 0.15) is 31.2 Å². The van der Waals surface area contributed by atoms with E-state index in [2.05, 4.69) is 16.8 Å². The van der Waals surface area contributed by atoms with Crippen LogP contribution in [0.4, 0.5) is 0 Å². The Hall–Kier alpha value is -1.34. The Labute approximate surface area is 164 Å². The van der Waals surface area contributed by atoms with E-state index in [0.717, 1.165) is 31.7 Å². The SMILES string of the molecule is COCCN(C)Cc1ccc(OC[C@H](O)CN2CCCCCC2)c(OC)c1. The number of aliphatic hydroxyl groups is 1. The van der Waals surface area contributed by atoms with Gasteiger partial charge in [0.05, 0.1) is 13.7 Å².